The quantitative estimate of drug-likeness (QED) is 0.397. The summed E-state index contributed by atoms with van der Waals surface area (Å²) in [5.41, 5.74) is 1.26. The van der Waals surface area contributed by atoms with E-state index < -0.39 is 11.7 Å². The highest BCUT2D eigenvalue weighted by Gasteiger charge is 2.63. The van der Waals surface area contributed by atoms with Crippen molar-refractivity contribution in [2.45, 2.75) is 143 Å². The number of ether oxygens (including phenoxy) is 1. The minimum Gasteiger partial charge on any atom is -0.393 e. The average Bonchev–Trinajstić information content (AvgIpc) is 3.09. The highest BCUT2D eigenvalue weighted by Crippen LogP contribution is 2.68. The Morgan fingerprint density at radius 2 is 1.71 bits per heavy atom. The molecule has 0 heterocycles. The Morgan fingerprint density at radius 3 is 2.35 bits per heavy atom. The van der Waals surface area contributed by atoms with Crippen LogP contribution in [-0.4, -0.2) is 33.6 Å². The molecule has 9 atom stereocenters. The summed E-state index contributed by atoms with van der Waals surface area (Å²) in [5.74, 6) is 3.17. The second-order valence-corrected chi connectivity index (χ2v) is 14.7. The molecule has 0 aliphatic heterocycles. The summed E-state index contributed by atoms with van der Waals surface area (Å²) in [7, 11) is 0. The molecule has 4 aliphatic carbocycles. The molecule has 3 heteroatoms. The molecular weight excluding hydrogens is 420 g/mol. The van der Waals surface area contributed by atoms with Gasteiger partial charge in [0.2, 0.25) is 0 Å². The van der Waals surface area contributed by atoms with Crippen molar-refractivity contribution < 1.29 is 14.9 Å². The molecule has 0 aromatic carbocycles. The van der Waals surface area contributed by atoms with Crippen LogP contribution < -0.4 is 0 Å². The Hall–Kier alpha value is -0.380. The van der Waals surface area contributed by atoms with Crippen molar-refractivity contribution in [1.82, 2.24) is 0 Å². The van der Waals surface area contributed by atoms with Crippen molar-refractivity contribution in [2.75, 3.05) is 0 Å². The molecule has 3 fully saturated rings. The first-order valence-electron chi connectivity index (χ1n) is 14.5. The number of allylic oxidation sites excluding steroid dienone is 1. The number of rotatable bonds is 6. The zero-order chi connectivity index (χ0) is 25.1. The van der Waals surface area contributed by atoms with Crippen molar-refractivity contribution in [3.8, 4) is 0 Å². The lowest BCUT2D eigenvalue weighted by atomic mass is 9.46. The van der Waals surface area contributed by atoms with E-state index in [-0.39, 0.29) is 22.5 Å². The average molecular weight is 475 g/mol. The molecule has 196 valence electrons. The summed E-state index contributed by atoms with van der Waals surface area (Å²) in [6.45, 7) is 18.3. The number of hydrogen-bond acceptors (Lipinski definition) is 3. The summed E-state index contributed by atoms with van der Waals surface area (Å²) in [5, 5.41) is 22.0. The van der Waals surface area contributed by atoms with E-state index in [2.05, 4.69) is 61.5 Å². The third-order valence-corrected chi connectivity index (χ3v) is 11.0. The molecule has 0 aromatic rings. The molecule has 0 spiro atoms. The van der Waals surface area contributed by atoms with Gasteiger partial charge in [-0.1, -0.05) is 39.3 Å². The Kier molecular flexibility index (Phi) is 7.20. The Morgan fingerprint density at radius 1 is 1.00 bits per heavy atom. The van der Waals surface area contributed by atoms with Gasteiger partial charge in [-0.25, -0.2) is 0 Å². The van der Waals surface area contributed by atoms with Crippen LogP contribution >= 0.6 is 0 Å². The van der Waals surface area contributed by atoms with Gasteiger partial charge >= 0.3 is 0 Å². The van der Waals surface area contributed by atoms with E-state index in [0.29, 0.717) is 17.8 Å². The molecule has 0 aromatic heterocycles. The van der Waals surface area contributed by atoms with E-state index in [1.54, 1.807) is 5.57 Å². The first kappa shape index (κ1) is 26.7. The predicted molar refractivity (Wildman–Crippen MR) is 141 cm³/mol. The van der Waals surface area contributed by atoms with Gasteiger partial charge in [-0.15, -0.1) is 0 Å². The maximum atomic E-state index is 11.6. The van der Waals surface area contributed by atoms with E-state index in [0.717, 1.165) is 43.9 Å². The standard InChI is InChI=1S/C31H54O3/c1-20(2)9-14-27(33)31(8,34-28(3,4)5)26-13-12-24-23-11-10-21-19-22(32)15-17-29(21,6)25(23)16-18-30(24,26)7/h10,20,22-27,32-33H,9,11-19H2,1-8H3/t22?,23?,24?,25?,26?,27-,29-,30-,31-/m0/s1. The number of hydrogen-bond donors (Lipinski definition) is 2. The lowest BCUT2D eigenvalue weighted by Crippen LogP contribution is -2.58. The van der Waals surface area contributed by atoms with Crippen LogP contribution in [0.25, 0.3) is 0 Å². The van der Waals surface area contributed by atoms with Gasteiger partial charge in [0.1, 0.15) is 0 Å². The molecular formula is C31H54O3. The Labute approximate surface area is 210 Å². The Bertz CT molecular complexity index is 765. The van der Waals surface area contributed by atoms with Crippen LogP contribution in [0.5, 0.6) is 0 Å². The van der Waals surface area contributed by atoms with Crippen LogP contribution in [0.1, 0.15) is 120 Å². The molecule has 5 unspecified atom stereocenters. The first-order valence-corrected chi connectivity index (χ1v) is 14.5. The number of fused-ring (bicyclic) bond motifs is 5. The van der Waals surface area contributed by atoms with Crippen LogP contribution in [-0.2, 0) is 4.74 Å². The minimum atomic E-state index is -0.516. The summed E-state index contributed by atoms with van der Waals surface area (Å²) in [6, 6.07) is 0. The van der Waals surface area contributed by atoms with Crippen molar-refractivity contribution in [3.63, 3.8) is 0 Å². The van der Waals surface area contributed by atoms with Crippen molar-refractivity contribution in [2.24, 2.45) is 40.4 Å². The summed E-state index contributed by atoms with van der Waals surface area (Å²) < 4.78 is 6.88. The predicted octanol–water partition coefficient (Wildman–Crippen LogP) is 7.30. The maximum absolute atomic E-state index is 11.6. The van der Waals surface area contributed by atoms with Gasteiger partial charge in [0.05, 0.1) is 23.4 Å². The molecule has 4 aliphatic rings. The van der Waals surface area contributed by atoms with Gasteiger partial charge in [-0.2, -0.15) is 0 Å². The molecule has 4 rings (SSSR count). The SMILES string of the molecule is CC(C)CC[C@H](O)[C@@](C)(OC(C)(C)C)C1CCC2C3CC=C4CC(O)CC[C@]4(C)C3CC[C@@]21C. The molecule has 2 N–H and O–H groups in total. The molecule has 0 amide bonds. The van der Waals surface area contributed by atoms with Crippen LogP contribution in [0.3, 0.4) is 0 Å². The fraction of sp³-hybridized carbons (Fsp3) is 0.935. The van der Waals surface area contributed by atoms with Crippen molar-refractivity contribution in [1.29, 1.82) is 0 Å². The van der Waals surface area contributed by atoms with Gasteiger partial charge in [0.25, 0.3) is 0 Å². The second-order valence-electron chi connectivity index (χ2n) is 14.7. The van der Waals surface area contributed by atoms with Crippen LogP contribution in [0.15, 0.2) is 11.6 Å². The maximum Gasteiger partial charge on any atom is 0.0952 e. The molecule has 3 nitrogen and oxygen atoms in total. The summed E-state index contributed by atoms with van der Waals surface area (Å²) >= 11 is 0. The topological polar surface area (TPSA) is 49.7 Å². The molecule has 3 saturated carbocycles. The van der Waals surface area contributed by atoms with Crippen LogP contribution in [0.2, 0.25) is 0 Å². The first-order chi connectivity index (χ1) is 15.7. The number of aliphatic hydroxyl groups excluding tert-OH is 2. The smallest absolute Gasteiger partial charge is 0.0952 e. The summed E-state index contributed by atoms with van der Waals surface area (Å²) in [4.78, 5) is 0. The Balaban J connectivity index is 1.62. The van der Waals surface area contributed by atoms with Gasteiger partial charge in [-0.05, 0) is 132 Å². The van der Waals surface area contributed by atoms with E-state index >= 15 is 0 Å². The fourth-order valence-corrected chi connectivity index (χ4v) is 9.39. The van der Waals surface area contributed by atoms with Gasteiger partial charge in [0, 0.05) is 0 Å². The fourth-order valence-electron chi connectivity index (χ4n) is 9.39. The van der Waals surface area contributed by atoms with Gasteiger partial charge < -0.3 is 14.9 Å². The summed E-state index contributed by atoms with van der Waals surface area (Å²) in [6.07, 6.45) is 13.0. The molecule has 0 radical (unpaired) electrons. The lowest BCUT2D eigenvalue weighted by molar-refractivity contribution is -0.225. The zero-order valence-corrected chi connectivity index (χ0v) is 23.5. The van der Waals surface area contributed by atoms with Crippen molar-refractivity contribution in [3.05, 3.63) is 11.6 Å². The van der Waals surface area contributed by atoms with Crippen LogP contribution in [0, 0.1) is 40.4 Å². The minimum absolute atomic E-state index is 0.136. The molecule has 0 bridgehead atoms. The molecule has 0 saturated heterocycles. The number of aliphatic hydroxyl groups is 2. The van der Waals surface area contributed by atoms with E-state index in [1.165, 1.54) is 32.1 Å². The highest BCUT2D eigenvalue weighted by atomic mass is 16.5. The van der Waals surface area contributed by atoms with E-state index in [4.69, 9.17) is 4.74 Å². The molecule has 34 heavy (non-hydrogen) atoms. The zero-order valence-electron chi connectivity index (χ0n) is 23.5. The highest BCUT2D eigenvalue weighted by molar-refractivity contribution is 5.25. The second kappa shape index (κ2) is 9.18. The van der Waals surface area contributed by atoms with E-state index in [9.17, 15) is 10.2 Å². The normalized spacial score (nSPS) is 42.9. The third-order valence-electron chi connectivity index (χ3n) is 11.0. The van der Waals surface area contributed by atoms with Crippen molar-refractivity contribution >= 4 is 0 Å². The largest absolute Gasteiger partial charge is 0.393 e. The van der Waals surface area contributed by atoms with Crippen LogP contribution in [0.4, 0.5) is 0 Å². The van der Waals surface area contributed by atoms with Gasteiger partial charge in [0.15, 0.2) is 0 Å². The monoisotopic (exact) mass is 474 g/mol. The lowest BCUT2D eigenvalue weighted by Gasteiger charge is -2.59. The van der Waals surface area contributed by atoms with Gasteiger partial charge in [-0.3, -0.25) is 0 Å². The van der Waals surface area contributed by atoms with E-state index in [1.807, 2.05) is 0 Å². The third kappa shape index (κ3) is 4.56.